The first-order valence-corrected chi connectivity index (χ1v) is 7.66. The van der Waals surface area contributed by atoms with Crippen molar-refractivity contribution in [1.29, 1.82) is 0 Å². The van der Waals surface area contributed by atoms with E-state index in [1.165, 1.54) is 5.56 Å². The van der Waals surface area contributed by atoms with Crippen molar-refractivity contribution >= 4 is 0 Å². The summed E-state index contributed by atoms with van der Waals surface area (Å²) >= 11 is 0. The molecule has 20 heavy (non-hydrogen) atoms. The monoisotopic (exact) mass is 278 g/mol. The molecule has 0 spiro atoms. The molecule has 114 valence electrons. The molecule has 0 bridgehead atoms. The van der Waals surface area contributed by atoms with Crippen LogP contribution in [-0.4, -0.2) is 17.8 Å². The van der Waals surface area contributed by atoms with Crippen LogP contribution in [0.15, 0.2) is 30.3 Å². The Labute approximate surface area is 124 Å². The molecule has 0 unspecified atom stereocenters. The van der Waals surface area contributed by atoms with Crippen molar-refractivity contribution in [3.05, 3.63) is 35.9 Å². The van der Waals surface area contributed by atoms with Crippen molar-refractivity contribution in [3.63, 3.8) is 0 Å². The zero-order chi connectivity index (χ0) is 15.1. The molecular weight excluding hydrogens is 248 g/mol. The summed E-state index contributed by atoms with van der Waals surface area (Å²) in [4.78, 5) is 0. The summed E-state index contributed by atoms with van der Waals surface area (Å²) in [6.07, 6.45) is 3.16. The van der Waals surface area contributed by atoms with E-state index in [-0.39, 0.29) is 11.2 Å². The van der Waals surface area contributed by atoms with Gasteiger partial charge < -0.3 is 9.47 Å². The molecule has 0 heterocycles. The molecule has 0 aliphatic heterocycles. The quantitative estimate of drug-likeness (QED) is 0.635. The Morgan fingerprint density at radius 1 is 0.850 bits per heavy atom. The first kappa shape index (κ1) is 17.2. The normalized spacial score (nSPS) is 12.7. The largest absolute Gasteiger partial charge is 0.375 e. The molecule has 0 radical (unpaired) electrons. The molecule has 0 N–H and O–H groups in total. The Kier molecular flexibility index (Phi) is 6.70. The smallest absolute Gasteiger partial charge is 0.0724 e. The fourth-order valence-electron chi connectivity index (χ4n) is 2.17. The van der Waals surface area contributed by atoms with Gasteiger partial charge in [-0.2, -0.15) is 0 Å². The van der Waals surface area contributed by atoms with E-state index in [1.807, 2.05) is 18.2 Å². The Balaban J connectivity index is 2.31. The van der Waals surface area contributed by atoms with Crippen LogP contribution in [0.25, 0.3) is 0 Å². The third-order valence-corrected chi connectivity index (χ3v) is 3.52. The summed E-state index contributed by atoms with van der Waals surface area (Å²) < 4.78 is 12.0. The van der Waals surface area contributed by atoms with Gasteiger partial charge in [-0.1, -0.05) is 43.7 Å². The second kappa shape index (κ2) is 7.80. The lowest BCUT2D eigenvalue weighted by Gasteiger charge is -2.29. The summed E-state index contributed by atoms with van der Waals surface area (Å²) in [6.45, 7) is 12.2. The number of hydrogen-bond donors (Lipinski definition) is 0. The molecule has 1 rings (SSSR count). The zero-order valence-electron chi connectivity index (χ0n) is 13.7. The predicted molar refractivity (Wildman–Crippen MR) is 84.9 cm³/mol. The van der Waals surface area contributed by atoms with Gasteiger partial charge >= 0.3 is 0 Å². The van der Waals surface area contributed by atoms with E-state index in [4.69, 9.17) is 9.47 Å². The van der Waals surface area contributed by atoms with Crippen LogP contribution >= 0.6 is 0 Å². The van der Waals surface area contributed by atoms with Crippen molar-refractivity contribution < 1.29 is 9.47 Å². The first-order chi connectivity index (χ1) is 9.35. The minimum atomic E-state index is -0.155. The van der Waals surface area contributed by atoms with Gasteiger partial charge in [-0.3, -0.25) is 0 Å². The van der Waals surface area contributed by atoms with E-state index in [0.717, 1.165) is 25.9 Å². The van der Waals surface area contributed by atoms with E-state index >= 15 is 0 Å². The molecular formula is C18H30O2. The average Bonchev–Trinajstić information content (AvgIpc) is 2.37. The van der Waals surface area contributed by atoms with E-state index in [1.54, 1.807) is 0 Å². The molecule has 2 heteroatoms. The second-order valence-corrected chi connectivity index (χ2v) is 6.64. The van der Waals surface area contributed by atoms with E-state index in [2.05, 4.69) is 46.8 Å². The molecule has 0 aliphatic rings. The molecule has 0 aliphatic carbocycles. The molecule has 2 nitrogen and oxygen atoms in total. The summed E-state index contributed by atoms with van der Waals surface area (Å²) in [5, 5.41) is 0. The van der Waals surface area contributed by atoms with Gasteiger partial charge in [0.2, 0.25) is 0 Å². The number of benzene rings is 1. The molecule has 0 saturated heterocycles. The van der Waals surface area contributed by atoms with Gasteiger partial charge in [-0.25, -0.2) is 0 Å². The van der Waals surface area contributed by atoms with Gasteiger partial charge in [-0.15, -0.1) is 0 Å². The van der Waals surface area contributed by atoms with Crippen molar-refractivity contribution in [2.45, 2.75) is 71.7 Å². The molecule has 0 saturated carbocycles. The third-order valence-electron chi connectivity index (χ3n) is 3.52. The highest BCUT2D eigenvalue weighted by molar-refractivity contribution is 5.13. The van der Waals surface area contributed by atoms with Crippen LogP contribution in [0.2, 0.25) is 0 Å². The summed E-state index contributed by atoms with van der Waals surface area (Å²) in [7, 11) is 0. The predicted octanol–water partition coefficient (Wildman–Crippen LogP) is 4.97. The van der Waals surface area contributed by atoms with Crippen LogP contribution in [0.4, 0.5) is 0 Å². The lowest BCUT2D eigenvalue weighted by molar-refractivity contribution is -0.0800. The highest BCUT2D eigenvalue weighted by Gasteiger charge is 2.22. The van der Waals surface area contributed by atoms with Crippen LogP contribution in [0.1, 0.15) is 59.4 Å². The van der Waals surface area contributed by atoms with Crippen molar-refractivity contribution in [3.8, 4) is 0 Å². The topological polar surface area (TPSA) is 18.5 Å². The maximum Gasteiger partial charge on any atom is 0.0724 e. The van der Waals surface area contributed by atoms with Crippen LogP contribution in [0, 0.1) is 0 Å². The van der Waals surface area contributed by atoms with E-state index in [0.29, 0.717) is 6.61 Å². The minimum Gasteiger partial charge on any atom is -0.375 e. The minimum absolute atomic E-state index is 0.0236. The highest BCUT2D eigenvalue weighted by Crippen LogP contribution is 2.21. The van der Waals surface area contributed by atoms with Gasteiger partial charge in [0.05, 0.1) is 24.4 Å². The van der Waals surface area contributed by atoms with Gasteiger partial charge in [0.15, 0.2) is 0 Å². The molecule has 1 aromatic rings. The van der Waals surface area contributed by atoms with Crippen molar-refractivity contribution in [2.75, 3.05) is 6.61 Å². The maximum atomic E-state index is 6.01. The lowest BCUT2D eigenvalue weighted by atomic mass is 10.0. The number of rotatable bonds is 9. The fourth-order valence-corrected chi connectivity index (χ4v) is 2.17. The number of ether oxygens (including phenoxy) is 2. The lowest BCUT2D eigenvalue weighted by Crippen LogP contribution is -2.30. The van der Waals surface area contributed by atoms with Crippen LogP contribution < -0.4 is 0 Å². The Morgan fingerprint density at radius 3 is 2.05 bits per heavy atom. The second-order valence-electron chi connectivity index (χ2n) is 6.64. The van der Waals surface area contributed by atoms with Crippen molar-refractivity contribution in [1.82, 2.24) is 0 Å². The highest BCUT2D eigenvalue weighted by atomic mass is 16.5. The summed E-state index contributed by atoms with van der Waals surface area (Å²) in [5.74, 6) is 0. The Hall–Kier alpha value is -0.860. The SMILES string of the molecule is CCCC(C)(C)OCCC(C)(C)OCc1ccccc1. The molecule has 0 fully saturated rings. The first-order valence-electron chi connectivity index (χ1n) is 7.66. The van der Waals surface area contributed by atoms with Gasteiger partial charge in [0, 0.05) is 0 Å². The molecule has 0 amide bonds. The van der Waals surface area contributed by atoms with Crippen LogP contribution in [0.3, 0.4) is 0 Å². The molecule has 1 aromatic carbocycles. The summed E-state index contributed by atoms with van der Waals surface area (Å²) in [6, 6.07) is 10.3. The van der Waals surface area contributed by atoms with Gasteiger partial charge in [-0.05, 0) is 46.1 Å². The van der Waals surface area contributed by atoms with Gasteiger partial charge in [0.1, 0.15) is 0 Å². The van der Waals surface area contributed by atoms with Gasteiger partial charge in [0.25, 0.3) is 0 Å². The standard InChI is InChI=1S/C18H30O2/c1-6-12-17(2,3)19-14-13-18(4,5)20-15-16-10-8-7-9-11-16/h7-11H,6,12-15H2,1-5H3. The van der Waals surface area contributed by atoms with Crippen molar-refractivity contribution in [2.24, 2.45) is 0 Å². The van der Waals surface area contributed by atoms with E-state index < -0.39 is 0 Å². The van der Waals surface area contributed by atoms with Crippen LogP contribution in [0.5, 0.6) is 0 Å². The van der Waals surface area contributed by atoms with E-state index in [9.17, 15) is 0 Å². The Bertz CT molecular complexity index is 368. The summed E-state index contributed by atoms with van der Waals surface area (Å²) in [5.41, 5.74) is 1.04. The zero-order valence-corrected chi connectivity index (χ0v) is 13.7. The Morgan fingerprint density at radius 2 is 1.45 bits per heavy atom. The molecule has 0 atom stereocenters. The molecule has 0 aromatic heterocycles. The third kappa shape index (κ3) is 7.06. The number of hydrogen-bond acceptors (Lipinski definition) is 2. The van der Waals surface area contributed by atoms with Crippen LogP contribution in [-0.2, 0) is 16.1 Å². The fraction of sp³-hybridized carbons (Fsp3) is 0.667. The average molecular weight is 278 g/mol. The maximum absolute atomic E-state index is 6.01.